The van der Waals surface area contributed by atoms with Crippen LogP contribution in [0.2, 0.25) is 0 Å². The lowest BCUT2D eigenvalue weighted by molar-refractivity contribution is -0.0399. The number of fused-ring (bicyclic) bond motifs is 1. The first kappa shape index (κ1) is 18.6. The molecule has 4 aromatic rings. The second kappa shape index (κ2) is 8.52. The first-order chi connectivity index (χ1) is 14.8. The largest absolute Gasteiger partial charge is 0.374 e. The smallest absolute Gasteiger partial charge is 0.183 e. The van der Waals surface area contributed by atoms with Crippen molar-refractivity contribution in [2.24, 2.45) is 0 Å². The Morgan fingerprint density at radius 2 is 2.03 bits per heavy atom. The zero-order valence-corrected chi connectivity index (χ0v) is 16.4. The minimum atomic E-state index is 0.0146. The van der Waals surface area contributed by atoms with E-state index in [1.807, 2.05) is 42.6 Å². The van der Waals surface area contributed by atoms with Gasteiger partial charge in [-0.3, -0.25) is 9.88 Å². The summed E-state index contributed by atoms with van der Waals surface area (Å²) in [6, 6.07) is 13.9. The van der Waals surface area contributed by atoms with Gasteiger partial charge in [0.25, 0.3) is 0 Å². The molecule has 1 atom stereocenters. The number of pyridine rings is 1. The molecule has 9 nitrogen and oxygen atoms in total. The fourth-order valence-corrected chi connectivity index (χ4v) is 3.64. The molecule has 0 radical (unpaired) electrons. The normalized spacial score (nSPS) is 17.3. The van der Waals surface area contributed by atoms with E-state index in [0.717, 1.165) is 25.3 Å². The van der Waals surface area contributed by atoms with Gasteiger partial charge in [0.05, 0.1) is 19.3 Å². The molecule has 1 aromatic carbocycles. The molecule has 4 heterocycles. The van der Waals surface area contributed by atoms with E-state index in [1.54, 1.807) is 10.9 Å². The summed E-state index contributed by atoms with van der Waals surface area (Å²) in [7, 11) is 0. The van der Waals surface area contributed by atoms with Crippen LogP contribution >= 0.6 is 0 Å². The SMILES string of the molecule is c1ccc(Nc2ncnc3c2nnn3C[C@@H]2CN(Cc3cccnc3)CCO2)cc1. The zero-order valence-electron chi connectivity index (χ0n) is 16.4. The van der Waals surface area contributed by atoms with Crippen LogP contribution in [0.1, 0.15) is 5.56 Å². The molecule has 1 fully saturated rings. The molecule has 0 saturated carbocycles. The van der Waals surface area contributed by atoms with Crippen molar-refractivity contribution in [1.29, 1.82) is 0 Å². The van der Waals surface area contributed by atoms with Gasteiger partial charge in [0.1, 0.15) is 6.33 Å². The first-order valence-corrected chi connectivity index (χ1v) is 9.94. The van der Waals surface area contributed by atoms with E-state index in [2.05, 4.69) is 41.5 Å². The van der Waals surface area contributed by atoms with Crippen molar-refractivity contribution in [2.45, 2.75) is 19.2 Å². The first-order valence-electron chi connectivity index (χ1n) is 9.94. The van der Waals surface area contributed by atoms with Gasteiger partial charge in [-0.05, 0) is 23.8 Å². The molecule has 0 unspecified atom stereocenters. The van der Waals surface area contributed by atoms with Crippen molar-refractivity contribution in [3.05, 3.63) is 66.7 Å². The summed E-state index contributed by atoms with van der Waals surface area (Å²) in [4.78, 5) is 15.3. The highest BCUT2D eigenvalue weighted by Crippen LogP contribution is 2.21. The van der Waals surface area contributed by atoms with Crippen molar-refractivity contribution in [1.82, 2.24) is 34.8 Å². The van der Waals surface area contributed by atoms with Crippen molar-refractivity contribution < 1.29 is 4.74 Å². The van der Waals surface area contributed by atoms with Crippen molar-refractivity contribution in [3.8, 4) is 0 Å². The molecule has 152 valence electrons. The van der Waals surface area contributed by atoms with Gasteiger partial charge in [-0.2, -0.15) is 0 Å². The molecule has 1 aliphatic rings. The molecule has 30 heavy (non-hydrogen) atoms. The quantitative estimate of drug-likeness (QED) is 0.525. The van der Waals surface area contributed by atoms with Gasteiger partial charge in [0, 0.05) is 37.7 Å². The Bertz CT molecular complexity index is 1100. The number of nitrogens with one attached hydrogen (secondary N) is 1. The van der Waals surface area contributed by atoms with Crippen LogP contribution in [0.15, 0.2) is 61.2 Å². The average molecular weight is 402 g/mol. The Morgan fingerprint density at radius 1 is 1.10 bits per heavy atom. The molecule has 3 aromatic heterocycles. The van der Waals surface area contributed by atoms with Gasteiger partial charge in [-0.25, -0.2) is 14.6 Å². The minimum absolute atomic E-state index is 0.0146. The number of morpholine rings is 1. The lowest BCUT2D eigenvalue weighted by Crippen LogP contribution is -2.43. The predicted molar refractivity (Wildman–Crippen MR) is 112 cm³/mol. The summed E-state index contributed by atoms with van der Waals surface area (Å²) in [5.41, 5.74) is 3.48. The Balaban J connectivity index is 1.30. The average Bonchev–Trinajstić information content (AvgIpc) is 3.19. The highest BCUT2D eigenvalue weighted by Gasteiger charge is 2.23. The fraction of sp³-hybridized carbons (Fsp3) is 0.286. The lowest BCUT2D eigenvalue weighted by Gasteiger charge is -2.32. The van der Waals surface area contributed by atoms with E-state index >= 15 is 0 Å². The van der Waals surface area contributed by atoms with Crippen LogP contribution in [-0.2, 0) is 17.8 Å². The second-order valence-electron chi connectivity index (χ2n) is 7.25. The standard InChI is InChI=1S/C21H22N8O/c1-2-6-17(7-3-1)25-20-19-21(24-15-23-20)29(27-26-19)14-18-13-28(9-10-30-18)12-16-5-4-8-22-11-16/h1-8,11,15,18H,9-10,12-14H2,(H,23,24,25)/t18-/m0/s1. The molecular weight excluding hydrogens is 380 g/mol. The summed E-state index contributed by atoms with van der Waals surface area (Å²) in [6.07, 6.45) is 5.25. The number of aromatic nitrogens is 6. The monoisotopic (exact) mass is 402 g/mol. The molecule has 1 aliphatic heterocycles. The van der Waals surface area contributed by atoms with E-state index in [0.29, 0.717) is 30.1 Å². The Hall–Kier alpha value is -3.43. The summed E-state index contributed by atoms with van der Waals surface area (Å²) in [5.74, 6) is 0.639. The number of anilines is 2. The molecule has 1 saturated heterocycles. The zero-order chi connectivity index (χ0) is 20.2. The highest BCUT2D eigenvalue weighted by atomic mass is 16.5. The third-order valence-corrected chi connectivity index (χ3v) is 5.07. The van der Waals surface area contributed by atoms with E-state index in [4.69, 9.17) is 4.74 Å². The third-order valence-electron chi connectivity index (χ3n) is 5.07. The van der Waals surface area contributed by atoms with Gasteiger partial charge in [0.2, 0.25) is 0 Å². The maximum atomic E-state index is 5.99. The fourth-order valence-electron chi connectivity index (χ4n) is 3.64. The lowest BCUT2D eigenvalue weighted by atomic mass is 10.2. The highest BCUT2D eigenvalue weighted by molar-refractivity contribution is 5.84. The summed E-state index contributed by atoms with van der Waals surface area (Å²) >= 11 is 0. The van der Waals surface area contributed by atoms with Crippen molar-refractivity contribution in [3.63, 3.8) is 0 Å². The maximum absolute atomic E-state index is 5.99. The van der Waals surface area contributed by atoms with Crippen LogP contribution < -0.4 is 5.32 Å². The van der Waals surface area contributed by atoms with Crippen molar-refractivity contribution in [2.75, 3.05) is 25.0 Å². The topological polar surface area (TPSA) is 93.9 Å². The number of nitrogens with zero attached hydrogens (tertiary/aromatic N) is 7. The van der Waals surface area contributed by atoms with Gasteiger partial charge in [-0.1, -0.05) is 29.5 Å². The predicted octanol–water partition coefficient (Wildman–Crippen LogP) is 2.26. The number of para-hydroxylation sites is 1. The number of rotatable bonds is 6. The Kier molecular flexibility index (Phi) is 5.28. The third kappa shape index (κ3) is 4.12. The van der Waals surface area contributed by atoms with E-state index in [1.165, 1.54) is 11.9 Å². The van der Waals surface area contributed by atoms with Crippen LogP contribution in [0.4, 0.5) is 11.5 Å². The maximum Gasteiger partial charge on any atom is 0.183 e. The van der Waals surface area contributed by atoms with E-state index in [9.17, 15) is 0 Å². The molecule has 9 heteroatoms. The van der Waals surface area contributed by atoms with Gasteiger partial charge < -0.3 is 10.1 Å². The van der Waals surface area contributed by atoms with Gasteiger partial charge in [0.15, 0.2) is 17.0 Å². The van der Waals surface area contributed by atoms with Crippen LogP contribution in [0, 0.1) is 0 Å². The van der Waals surface area contributed by atoms with Crippen LogP contribution in [-0.4, -0.2) is 60.6 Å². The molecule has 5 rings (SSSR count). The number of benzene rings is 1. The Labute approximate surface area is 173 Å². The summed E-state index contributed by atoms with van der Waals surface area (Å²) in [6.45, 7) is 3.85. The number of hydrogen-bond acceptors (Lipinski definition) is 8. The van der Waals surface area contributed by atoms with Crippen LogP contribution in [0.5, 0.6) is 0 Å². The van der Waals surface area contributed by atoms with Crippen LogP contribution in [0.3, 0.4) is 0 Å². The van der Waals surface area contributed by atoms with Crippen LogP contribution in [0.25, 0.3) is 11.2 Å². The summed E-state index contributed by atoms with van der Waals surface area (Å²) < 4.78 is 7.79. The Morgan fingerprint density at radius 3 is 2.90 bits per heavy atom. The number of ether oxygens (including phenoxy) is 1. The molecule has 0 spiro atoms. The van der Waals surface area contributed by atoms with Gasteiger partial charge >= 0.3 is 0 Å². The second-order valence-corrected chi connectivity index (χ2v) is 7.25. The molecule has 0 bridgehead atoms. The molecular formula is C21H22N8O. The van der Waals surface area contributed by atoms with Gasteiger partial charge in [-0.15, -0.1) is 5.10 Å². The minimum Gasteiger partial charge on any atom is -0.374 e. The molecule has 0 aliphatic carbocycles. The van der Waals surface area contributed by atoms with E-state index in [-0.39, 0.29) is 6.10 Å². The molecule has 0 amide bonds. The number of hydrogen-bond donors (Lipinski definition) is 1. The van der Waals surface area contributed by atoms with E-state index < -0.39 is 0 Å². The summed E-state index contributed by atoms with van der Waals surface area (Å²) in [5, 5.41) is 11.9. The van der Waals surface area contributed by atoms with Crippen molar-refractivity contribution >= 4 is 22.7 Å². The molecule has 1 N–H and O–H groups in total.